The molecule has 2 N–H and O–H groups in total. The molecule has 0 radical (unpaired) electrons. The maximum Gasteiger partial charge on any atom is 0.387 e. The number of carboxylic acid groups (broad SMARTS) is 1. The zero-order chi connectivity index (χ0) is 14.8. The van der Waals surface area contributed by atoms with Crippen molar-refractivity contribution < 1.29 is 28.2 Å². The first-order chi connectivity index (χ1) is 9.44. The lowest BCUT2D eigenvalue weighted by molar-refractivity contribution is -0.148. The van der Waals surface area contributed by atoms with E-state index >= 15 is 0 Å². The molecular weight excluding hydrogens is 272 g/mol. The lowest BCUT2D eigenvalue weighted by Crippen LogP contribution is -2.59. The molecule has 0 saturated heterocycles. The molecule has 1 saturated carbocycles. The molecule has 2 rings (SSSR count). The Bertz CT molecular complexity index is 529. The van der Waals surface area contributed by atoms with Crippen LogP contribution in [0.1, 0.15) is 29.6 Å². The second-order valence-electron chi connectivity index (χ2n) is 4.57. The van der Waals surface area contributed by atoms with Gasteiger partial charge < -0.3 is 15.2 Å². The van der Waals surface area contributed by atoms with Gasteiger partial charge in [-0.05, 0) is 31.4 Å². The SMILES string of the molecule is O=C(NC1(C(=O)O)CCC1)c1ccccc1OC(F)F. The molecule has 1 aromatic rings. The summed E-state index contributed by atoms with van der Waals surface area (Å²) in [5, 5.41) is 11.5. The first-order valence-electron chi connectivity index (χ1n) is 6.04. The standard InChI is InChI=1S/C13H13F2NO4/c14-12(15)20-9-5-2-1-4-8(9)10(17)16-13(11(18)19)6-3-7-13/h1-2,4-5,12H,3,6-7H2,(H,16,17)(H,18,19). The smallest absolute Gasteiger partial charge is 0.387 e. The number of hydrogen-bond donors (Lipinski definition) is 2. The van der Waals surface area contributed by atoms with E-state index in [1.54, 1.807) is 0 Å². The number of carbonyl (C=O) groups excluding carboxylic acids is 1. The van der Waals surface area contributed by atoms with Crippen LogP contribution in [0, 0.1) is 0 Å². The van der Waals surface area contributed by atoms with E-state index in [4.69, 9.17) is 5.11 Å². The number of ether oxygens (including phenoxy) is 1. The van der Waals surface area contributed by atoms with Crippen molar-refractivity contribution in [1.82, 2.24) is 5.32 Å². The van der Waals surface area contributed by atoms with Crippen molar-refractivity contribution >= 4 is 11.9 Å². The lowest BCUT2D eigenvalue weighted by atomic mass is 9.76. The lowest BCUT2D eigenvalue weighted by Gasteiger charge is -2.38. The fraction of sp³-hybridized carbons (Fsp3) is 0.385. The van der Waals surface area contributed by atoms with E-state index in [0.717, 1.165) is 0 Å². The Morgan fingerprint density at radius 1 is 1.30 bits per heavy atom. The Labute approximate surface area is 113 Å². The third-order valence-corrected chi connectivity index (χ3v) is 3.32. The minimum atomic E-state index is -3.05. The van der Waals surface area contributed by atoms with Crippen molar-refractivity contribution in [3.63, 3.8) is 0 Å². The van der Waals surface area contributed by atoms with E-state index in [9.17, 15) is 18.4 Å². The minimum absolute atomic E-state index is 0.111. The summed E-state index contributed by atoms with van der Waals surface area (Å²) in [7, 11) is 0. The van der Waals surface area contributed by atoms with Gasteiger partial charge in [-0.15, -0.1) is 0 Å². The Morgan fingerprint density at radius 2 is 1.95 bits per heavy atom. The summed E-state index contributed by atoms with van der Waals surface area (Å²) < 4.78 is 28.8. The van der Waals surface area contributed by atoms with Crippen LogP contribution in [0.4, 0.5) is 8.78 Å². The molecular formula is C13H13F2NO4. The van der Waals surface area contributed by atoms with Crippen LogP contribution in [-0.4, -0.2) is 29.1 Å². The van der Waals surface area contributed by atoms with Crippen LogP contribution in [-0.2, 0) is 4.79 Å². The number of carbonyl (C=O) groups is 2. The molecule has 0 heterocycles. The van der Waals surface area contributed by atoms with Crippen molar-refractivity contribution in [3.8, 4) is 5.75 Å². The summed E-state index contributed by atoms with van der Waals surface area (Å²) in [6, 6.07) is 5.48. The number of amides is 1. The monoisotopic (exact) mass is 285 g/mol. The number of nitrogens with one attached hydrogen (secondary N) is 1. The first kappa shape index (κ1) is 14.2. The number of halogens is 2. The highest BCUT2D eigenvalue weighted by atomic mass is 19.3. The molecule has 0 atom stereocenters. The van der Waals surface area contributed by atoms with Gasteiger partial charge in [0.15, 0.2) is 0 Å². The molecule has 0 aliphatic heterocycles. The maximum atomic E-state index is 12.3. The van der Waals surface area contributed by atoms with Crippen molar-refractivity contribution in [3.05, 3.63) is 29.8 Å². The summed E-state index contributed by atoms with van der Waals surface area (Å²) in [5.74, 6) is -2.13. The van der Waals surface area contributed by atoms with Gasteiger partial charge >= 0.3 is 12.6 Å². The zero-order valence-electron chi connectivity index (χ0n) is 10.4. The van der Waals surface area contributed by atoms with Gasteiger partial charge in [0.05, 0.1) is 5.56 Å². The number of para-hydroxylation sites is 1. The molecule has 1 amide bonds. The van der Waals surface area contributed by atoms with Crippen molar-refractivity contribution in [2.24, 2.45) is 0 Å². The quantitative estimate of drug-likeness (QED) is 0.868. The van der Waals surface area contributed by atoms with Gasteiger partial charge in [0.1, 0.15) is 11.3 Å². The number of benzene rings is 1. The van der Waals surface area contributed by atoms with Crippen LogP contribution >= 0.6 is 0 Å². The highest BCUT2D eigenvalue weighted by Gasteiger charge is 2.46. The van der Waals surface area contributed by atoms with Gasteiger partial charge in [-0.25, -0.2) is 4.79 Å². The molecule has 1 aliphatic rings. The maximum absolute atomic E-state index is 12.3. The van der Waals surface area contributed by atoms with Crippen LogP contribution in [0.25, 0.3) is 0 Å². The average molecular weight is 285 g/mol. The van der Waals surface area contributed by atoms with Crippen LogP contribution < -0.4 is 10.1 Å². The van der Waals surface area contributed by atoms with Crippen molar-refractivity contribution in [2.45, 2.75) is 31.4 Å². The highest BCUT2D eigenvalue weighted by molar-refractivity contribution is 6.00. The molecule has 0 spiro atoms. The van der Waals surface area contributed by atoms with Crippen LogP contribution in [0.15, 0.2) is 24.3 Å². The van der Waals surface area contributed by atoms with Gasteiger partial charge in [-0.1, -0.05) is 12.1 Å². The van der Waals surface area contributed by atoms with Crippen molar-refractivity contribution in [2.75, 3.05) is 0 Å². The molecule has 1 aromatic carbocycles. The number of rotatable bonds is 5. The third-order valence-electron chi connectivity index (χ3n) is 3.32. The second-order valence-corrected chi connectivity index (χ2v) is 4.57. The van der Waals surface area contributed by atoms with E-state index in [1.807, 2.05) is 0 Å². The summed E-state index contributed by atoms with van der Waals surface area (Å²) in [5.41, 5.74) is -1.41. The zero-order valence-corrected chi connectivity index (χ0v) is 10.4. The van der Waals surface area contributed by atoms with Crippen LogP contribution in [0.2, 0.25) is 0 Å². The Balaban J connectivity index is 2.19. The van der Waals surface area contributed by atoms with Gasteiger partial charge in [0.25, 0.3) is 5.91 Å². The van der Waals surface area contributed by atoms with Crippen molar-refractivity contribution in [1.29, 1.82) is 0 Å². The van der Waals surface area contributed by atoms with Gasteiger partial charge in [-0.2, -0.15) is 8.78 Å². The summed E-state index contributed by atoms with van der Waals surface area (Å²) in [6.45, 7) is -3.05. The molecule has 1 fully saturated rings. The fourth-order valence-electron chi connectivity index (χ4n) is 2.06. The molecule has 0 aromatic heterocycles. The minimum Gasteiger partial charge on any atom is -0.480 e. The van der Waals surface area contributed by atoms with E-state index in [-0.39, 0.29) is 11.3 Å². The largest absolute Gasteiger partial charge is 0.480 e. The molecule has 0 bridgehead atoms. The van der Waals surface area contributed by atoms with E-state index in [2.05, 4.69) is 10.1 Å². The summed E-state index contributed by atoms with van der Waals surface area (Å²) in [6.07, 6.45) is 1.35. The number of hydrogen-bond acceptors (Lipinski definition) is 3. The summed E-state index contributed by atoms with van der Waals surface area (Å²) in [4.78, 5) is 23.2. The molecule has 0 unspecified atom stereocenters. The Hall–Kier alpha value is -2.18. The summed E-state index contributed by atoms with van der Waals surface area (Å²) >= 11 is 0. The molecule has 7 heteroatoms. The van der Waals surface area contributed by atoms with Crippen LogP contribution in [0.5, 0.6) is 5.75 Å². The number of carboxylic acids is 1. The molecule has 5 nitrogen and oxygen atoms in total. The first-order valence-corrected chi connectivity index (χ1v) is 6.04. The normalized spacial score (nSPS) is 16.4. The Kier molecular flexibility index (Phi) is 3.87. The van der Waals surface area contributed by atoms with Gasteiger partial charge in [-0.3, -0.25) is 4.79 Å². The molecule has 108 valence electrons. The van der Waals surface area contributed by atoms with E-state index in [0.29, 0.717) is 19.3 Å². The predicted octanol–water partition coefficient (Wildman–Crippen LogP) is 2.03. The van der Waals surface area contributed by atoms with Gasteiger partial charge in [0, 0.05) is 0 Å². The average Bonchev–Trinajstić information content (AvgIpc) is 2.33. The number of alkyl halides is 2. The second kappa shape index (κ2) is 5.44. The predicted molar refractivity (Wildman–Crippen MR) is 64.8 cm³/mol. The molecule has 1 aliphatic carbocycles. The van der Waals surface area contributed by atoms with Crippen LogP contribution in [0.3, 0.4) is 0 Å². The molecule has 20 heavy (non-hydrogen) atoms. The number of aliphatic carboxylic acids is 1. The Morgan fingerprint density at radius 3 is 2.45 bits per heavy atom. The van der Waals surface area contributed by atoms with E-state index < -0.39 is 24.0 Å². The highest BCUT2D eigenvalue weighted by Crippen LogP contribution is 2.33. The van der Waals surface area contributed by atoms with Gasteiger partial charge in [0.2, 0.25) is 0 Å². The third kappa shape index (κ3) is 2.71. The van der Waals surface area contributed by atoms with E-state index in [1.165, 1.54) is 24.3 Å². The topological polar surface area (TPSA) is 75.6 Å². The fourth-order valence-corrected chi connectivity index (χ4v) is 2.06.